The van der Waals surface area contributed by atoms with Gasteiger partial charge in [0.1, 0.15) is 0 Å². The highest BCUT2D eigenvalue weighted by Crippen LogP contribution is 2.23. The lowest BCUT2D eigenvalue weighted by molar-refractivity contribution is 0.398. The molecule has 2 N–H and O–H groups in total. The minimum absolute atomic E-state index is 0.549. The van der Waals surface area contributed by atoms with Crippen LogP contribution < -0.4 is 15.4 Å². The molecule has 0 fully saturated rings. The van der Waals surface area contributed by atoms with Gasteiger partial charge < -0.3 is 15.4 Å². The molecule has 0 unspecified atom stereocenters. The molecule has 2 aromatic rings. The van der Waals surface area contributed by atoms with Crippen molar-refractivity contribution in [3.8, 4) is 5.88 Å². The monoisotopic (exact) mass is 258 g/mol. The molecule has 0 aromatic carbocycles. The Morgan fingerprint density at radius 1 is 1.21 bits per heavy atom. The van der Waals surface area contributed by atoms with Gasteiger partial charge in [0.25, 0.3) is 0 Å². The molecule has 0 aliphatic heterocycles. The number of rotatable bonds is 4. The van der Waals surface area contributed by atoms with Gasteiger partial charge in [-0.05, 0) is 25.1 Å². The summed E-state index contributed by atoms with van der Waals surface area (Å²) in [7, 11) is 3.52. The number of aromatic nitrogens is 2. The van der Waals surface area contributed by atoms with Crippen molar-refractivity contribution in [1.29, 1.82) is 0 Å². The molecule has 5 nitrogen and oxygen atoms in total. The van der Waals surface area contributed by atoms with Gasteiger partial charge in [-0.15, -0.1) is 0 Å². The molecule has 0 radical (unpaired) electrons. The highest BCUT2D eigenvalue weighted by Gasteiger charge is 2.10. The van der Waals surface area contributed by atoms with Crippen LogP contribution >= 0.6 is 0 Å². The normalized spacial score (nSPS) is 10.3. The van der Waals surface area contributed by atoms with Crippen LogP contribution in [0.1, 0.15) is 11.4 Å². The average Bonchev–Trinajstić information content (AvgIpc) is 2.39. The zero-order valence-corrected chi connectivity index (χ0v) is 11.4. The van der Waals surface area contributed by atoms with Gasteiger partial charge in [0.2, 0.25) is 5.88 Å². The summed E-state index contributed by atoms with van der Waals surface area (Å²) >= 11 is 0. The van der Waals surface area contributed by atoms with Crippen LogP contribution in [-0.4, -0.2) is 24.1 Å². The zero-order valence-electron chi connectivity index (χ0n) is 11.4. The first-order valence-electron chi connectivity index (χ1n) is 6.04. The number of pyridine rings is 2. The molecule has 0 bridgehead atoms. The van der Waals surface area contributed by atoms with Crippen molar-refractivity contribution < 1.29 is 4.74 Å². The van der Waals surface area contributed by atoms with Crippen LogP contribution in [0.4, 0.5) is 11.5 Å². The molecule has 100 valence electrons. The molecular formula is C14H18N4O. The van der Waals surface area contributed by atoms with Gasteiger partial charge in [-0.1, -0.05) is 6.07 Å². The summed E-state index contributed by atoms with van der Waals surface area (Å²) in [4.78, 5) is 10.8. The third kappa shape index (κ3) is 3.13. The Morgan fingerprint density at radius 3 is 2.68 bits per heavy atom. The molecular weight excluding hydrogens is 240 g/mol. The van der Waals surface area contributed by atoms with Crippen molar-refractivity contribution in [2.75, 3.05) is 24.8 Å². The molecule has 0 aliphatic carbocycles. The Balaban J connectivity index is 2.22. The lowest BCUT2D eigenvalue weighted by Gasteiger charge is -2.20. The number of nitrogens with two attached hydrogens (primary N) is 1. The third-order valence-corrected chi connectivity index (χ3v) is 2.80. The second kappa shape index (κ2) is 5.56. The number of ether oxygens (including phenoxy) is 1. The van der Waals surface area contributed by atoms with Crippen molar-refractivity contribution >= 4 is 11.5 Å². The molecule has 0 amide bonds. The van der Waals surface area contributed by atoms with E-state index in [-0.39, 0.29) is 0 Å². The number of nitrogen functional groups attached to an aromatic ring is 1. The lowest BCUT2D eigenvalue weighted by Crippen LogP contribution is -2.20. The van der Waals surface area contributed by atoms with E-state index < -0.39 is 0 Å². The van der Waals surface area contributed by atoms with Crippen molar-refractivity contribution in [1.82, 2.24) is 9.97 Å². The number of hydrogen-bond acceptors (Lipinski definition) is 5. The number of methoxy groups -OCH3 is 1. The molecule has 2 rings (SSSR count). The van der Waals surface area contributed by atoms with E-state index in [1.54, 1.807) is 19.2 Å². The first-order valence-corrected chi connectivity index (χ1v) is 6.04. The summed E-state index contributed by atoms with van der Waals surface area (Å²) in [5.74, 6) is 1.25. The average molecular weight is 258 g/mol. The van der Waals surface area contributed by atoms with Crippen molar-refractivity contribution in [2.24, 2.45) is 0 Å². The number of aryl methyl sites for hydroxylation is 1. The quantitative estimate of drug-likeness (QED) is 0.908. The van der Waals surface area contributed by atoms with E-state index in [4.69, 9.17) is 10.5 Å². The molecule has 2 heterocycles. The van der Waals surface area contributed by atoms with E-state index in [0.29, 0.717) is 23.9 Å². The molecule has 2 aromatic heterocycles. The van der Waals surface area contributed by atoms with Gasteiger partial charge in [0, 0.05) is 18.8 Å². The van der Waals surface area contributed by atoms with Crippen LogP contribution in [0, 0.1) is 6.92 Å². The smallest absolute Gasteiger partial charge is 0.215 e. The standard InChI is InChI=1S/C14H18N4O/c1-10-5-4-6-11(16-10)9-18(2)14-12(15)7-8-13(17-14)19-3/h4-8H,9,15H2,1-3H3. The molecule has 19 heavy (non-hydrogen) atoms. The van der Waals surface area contributed by atoms with Crippen LogP contribution in [-0.2, 0) is 6.54 Å². The molecule has 0 atom stereocenters. The number of hydrogen-bond donors (Lipinski definition) is 1. The summed E-state index contributed by atoms with van der Waals surface area (Å²) in [6, 6.07) is 9.49. The molecule has 0 aliphatic rings. The van der Waals surface area contributed by atoms with Gasteiger partial charge in [0.05, 0.1) is 25.0 Å². The Bertz CT molecular complexity index is 571. The van der Waals surface area contributed by atoms with E-state index in [1.165, 1.54) is 0 Å². The van der Waals surface area contributed by atoms with Gasteiger partial charge in [-0.3, -0.25) is 4.98 Å². The minimum atomic E-state index is 0.549. The van der Waals surface area contributed by atoms with Crippen LogP contribution in [0.2, 0.25) is 0 Å². The van der Waals surface area contributed by atoms with Crippen LogP contribution in [0.3, 0.4) is 0 Å². The van der Waals surface area contributed by atoms with Crippen molar-refractivity contribution in [3.05, 3.63) is 41.7 Å². The van der Waals surface area contributed by atoms with Gasteiger partial charge in [-0.2, -0.15) is 4.98 Å². The highest BCUT2D eigenvalue weighted by molar-refractivity contribution is 5.63. The van der Waals surface area contributed by atoms with E-state index in [9.17, 15) is 0 Å². The fourth-order valence-electron chi connectivity index (χ4n) is 1.87. The molecule has 0 spiro atoms. The van der Waals surface area contributed by atoms with E-state index in [1.807, 2.05) is 37.1 Å². The third-order valence-electron chi connectivity index (χ3n) is 2.80. The Hall–Kier alpha value is -2.30. The summed E-state index contributed by atoms with van der Waals surface area (Å²) in [6.07, 6.45) is 0. The predicted octanol–water partition coefficient (Wildman–Crippen LogP) is 2.01. The Labute approximate surface area is 113 Å². The van der Waals surface area contributed by atoms with Crippen LogP contribution in [0.25, 0.3) is 0 Å². The van der Waals surface area contributed by atoms with E-state index >= 15 is 0 Å². The Morgan fingerprint density at radius 2 is 2.00 bits per heavy atom. The van der Waals surface area contributed by atoms with Crippen molar-refractivity contribution in [2.45, 2.75) is 13.5 Å². The maximum Gasteiger partial charge on any atom is 0.215 e. The zero-order chi connectivity index (χ0) is 13.8. The molecule has 0 saturated carbocycles. The topological polar surface area (TPSA) is 64.3 Å². The van der Waals surface area contributed by atoms with Crippen LogP contribution in [0.5, 0.6) is 5.88 Å². The van der Waals surface area contributed by atoms with E-state index in [0.717, 1.165) is 11.4 Å². The van der Waals surface area contributed by atoms with Crippen LogP contribution in [0.15, 0.2) is 30.3 Å². The number of anilines is 2. The SMILES string of the molecule is COc1ccc(N)c(N(C)Cc2cccc(C)n2)n1. The molecule has 5 heteroatoms. The second-order valence-electron chi connectivity index (χ2n) is 4.39. The molecule has 0 saturated heterocycles. The fourth-order valence-corrected chi connectivity index (χ4v) is 1.87. The van der Waals surface area contributed by atoms with E-state index in [2.05, 4.69) is 9.97 Å². The maximum atomic E-state index is 5.95. The minimum Gasteiger partial charge on any atom is -0.481 e. The summed E-state index contributed by atoms with van der Waals surface area (Å²) < 4.78 is 5.12. The second-order valence-corrected chi connectivity index (χ2v) is 4.39. The lowest BCUT2D eigenvalue weighted by atomic mass is 10.3. The largest absolute Gasteiger partial charge is 0.481 e. The fraction of sp³-hybridized carbons (Fsp3) is 0.286. The first kappa shape index (κ1) is 13.1. The maximum absolute atomic E-state index is 5.95. The summed E-state index contributed by atoms with van der Waals surface area (Å²) in [6.45, 7) is 2.62. The first-order chi connectivity index (χ1) is 9.10. The van der Waals surface area contributed by atoms with Crippen molar-refractivity contribution in [3.63, 3.8) is 0 Å². The Kier molecular flexibility index (Phi) is 3.85. The summed E-state index contributed by atoms with van der Waals surface area (Å²) in [5.41, 5.74) is 8.55. The van der Waals surface area contributed by atoms with Gasteiger partial charge in [0.15, 0.2) is 5.82 Å². The highest BCUT2D eigenvalue weighted by atomic mass is 16.5. The number of nitrogens with zero attached hydrogens (tertiary/aromatic N) is 3. The van der Waals surface area contributed by atoms with Gasteiger partial charge >= 0.3 is 0 Å². The summed E-state index contributed by atoms with van der Waals surface area (Å²) in [5, 5.41) is 0. The predicted molar refractivity (Wildman–Crippen MR) is 76.3 cm³/mol. The van der Waals surface area contributed by atoms with Gasteiger partial charge in [-0.25, -0.2) is 0 Å².